The molecule has 1 fully saturated rings. The fraction of sp³-hybridized carbons (Fsp3) is 0.500. The van der Waals surface area contributed by atoms with Crippen molar-refractivity contribution in [2.75, 3.05) is 0 Å². The van der Waals surface area contributed by atoms with Crippen LogP contribution in [-0.2, 0) is 0 Å². The molecule has 1 nitrogen and oxygen atoms in total. The van der Waals surface area contributed by atoms with E-state index in [0.29, 0.717) is 5.56 Å². The van der Waals surface area contributed by atoms with Crippen molar-refractivity contribution in [2.45, 2.75) is 37.7 Å². The van der Waals surface area contributed by atoms with Crippen LogP contribution in [0.25, 0.3) is 0 Å². The van der Waals surface area contributed by atoms with Crippen molar-refractivity contribution in [3.05, 3.63) is 35.6 Å². The lowest BCUT2D eigenvalue weighted by atomic mass is 9.81. The van der Waals surface area contributed by atoms with Crippen molar-refractivity contribution < 1.29 is 9.50 Å². The van der Waals surface area contributed by atoms with Gasteiger partial charge in [-0.3, -0.25) is 0 Å². The number of aliphatic hydroxyl groups excluding tert-OH is 1. The third kappa shape index (κ3) is 1.80. The van der Waals surface area contributed by atoms with Crippen LogP contribution in [0.1, 0.15) is 37.2 Å². The van der Waals surface area contributed by atoms with Crippen molar-refractivity contribution >= 4 is 0 Å². The van der Waals surface area contributed by atoms with Gasteiger partial charge in [-0.1, -0.05) is 31.0 Å². The van der Waals surface area contributed by atoms with Gasteiger partial charge >= 0.3 is 0 Å². The second-order valence-electron chi connectivity index (χ2n) is 3.98. The first-order valence-electron chi connectivity index (χ1n) is 5.21. The lowest BCUT2D eigenvalue weighted by molar-refractivity contribution is 0.104. The summed E-state index contributed by atoms with van der Waals surface area (Å²) in [5, 5.41) is 9.78. The molecule has 14 heavy (non-hydrogen) atoms. The maximum absolute atomic E-state index is 13.4. The predicted octanol–water partition coefficient (Wildman–Crippen LogP) is 2.84. The summed E-state index contributed by atoms with van der Waals surface area (Å²) in [7, 11) is 0. The Labute approximate surface area is 83.6 Å². The lowest BCUT2D eigenvalue weighted by Gasteiger charge is -2.28. The van der Waals surface area contributed by atoms with Gasteiger partial charge in [0.25, 0.3) is 0 Å². The van der Waals surface area contributed by atoms with Crippen LogP contribution < -0.4 is 0 Å². The Kier molecular flexibility index (Phi) is 2.82. The van der Waals surface area contributed by atoms with Gasteiger partial charge in [0.05, 0.1) is 6.10 Å². The molecular formula is C12H15FO. The van der Waals surface area contributed by atoms with E-state index in [1.807, 2.05) is 6.07 Å². The first-order chi connectivity index (χ1) is 6.79. The van der Waals surface area contributed by atoms with Crippen molar-refractivity contribution in [3.8, 4) is 0 Å². The summed E-state index contributed by atoms with van der Waals surface area (Å²) in [6.07, 6.45) is 3.50. The van der Waals surface area contributed by atoms with Crippen LogP contribution in [0.15, 0.2) is 24.3 Å². The zero-order valence-corrected chi connectivity index (χ0v) is 8.12. The first kappa shape index (κ1) is 9.66. The number of benzene rings is 1. The molecule has 1 aromatic carbocycles. The second kappa shape index (κ2) is 4.09. The maximum atomic E-state index is 13.4. The van der Waals surface area contributed by atoms with Gasteiger partial charge in [0.15, 0.2) is 0 Å². The molecular weight excluding hydrogens is 179 g/mol. The highest BCUT2D eigenvalue weighted by molar-refractivity contribution is 5.23. The van der Waals surface area contributed by atoms with E-state index in [4.69, 9.17) is 0 Å². The molecule has 2 heteroatoms. The fourth-order valence-corrected chi connectivity index (χ4v) is 2.25. The third-order valence-corrected chi connectivity index (χ3v) is 3.03. The molecule has 0 aromatic heterocycles. The minimum atomic E-state index is -0.361. The van der Waals surface area contributed by atoms with E-state index in [0.717, 1.165) is 25.7 Å². The highest BCUT2D eigenvalue weighted by atomic mass is 19.1. The summed E-state index contributed by atoms with van der Waals surface area (Å²) < 4.78 is 13.4. The van der Waals surface area contributed by atoms with E-state index < -0.39 is 0 Å². The molecule has 1 aliphatic carbocycles. The Balaban J connectivity index is 2.25. The summed E-state index contributed by atoms with van der Waals surface area (Å²) in [5.74, 6) is -0.177. The Bertz CT molecular complexity index is 311. The van der Waals surface area contributed by atoms with Crippen LogP contribution in [0, 0.1) is 5.82 Å². The maximum Gasteiger partial charge on any atom is 0.126 e. The van der Waals surface area contributed by atoms with Gasteiger partial charge in [0, 0.05) is 5.92 Å². The van der Waals surface area contributed by atoms with Crippen molar-refractivity contribution in [2.24, 2.45) is 0 Å². The van der Waals surface area contributed by atoms with Crippen LogP contribution in [0.3, 0.4) is 0 Å². The van der Waals surface area contributed by atoms with Crippen molar-refractivity contribution in [1.82, 2.24) is 0 Å². The van der Waals surface area contributed by atoms with E-state index in [-0.39, 0.29) is 17.8 Å². The van der Waals surface area contributed by atoms with Gasteiger partial charge in [-0.15, -0.1) is 0 Å². The summed E-state index contributed by atoms with van der Waals surface area (Å²) in [5.41, 5.74) is 0.680. The number of hydrogen-bond donors (Lipinski definition) is 1. The molecule has 0 saturated heterocycles. The molecule has 0 radical (unpaired) electrons. The SMILES string of the molecule is O[C@@H]1CCCC[C@H]1c1ccccc1F. The molecule has 0 amide bonds. The van der Waals surface area contributed by atoms with Crippen LogP contribution in [-0.4, -0.2) is 11.2 Å². The first-order valence-corrected chi connectivity index (χ1v) is 5.21. The van der Waals surface area contributed by atoms with Crippen molar-refractivity contribution in [3.63, 3.8) is 0 Å². The van der Waals surface area contributed by atoms with Crippen LogP contribution >= 0.6 is 0 Å². The number of rotatable bonds is 1. The smallest absolute Gasteiger partial charge is 0.126 e. The minimum absolute atomic E-state index is 0.00458. The highest BCUT2D eigenvalue weighted by Gasteiger charge is 2.26. The minimum Gasteiger partial charge on any atom is -0.392 e. The number of aliphatic hydroxyl groups is 1. The van der Waals surface area contributed by atoms with Crippen LogP contribution in [0.2, 0.25) is 0 Å². The van der Waals surface area contributed by atoms with Gasteiger partial charge in [-0.2, -0.15) is 0 Å². The van der Waals surface area contributed by atoms with Gasteiger partial charge in [-0.25, -0.2) is 4.39 Å². The largest absolute Gasteiger partial charge is 0.392 e. The van der Waals surface area contributed by atoms with Crippen LogP contribution in [0.4, 0.5) is 4.39 Å². The molecule has 0 bridgehead atoms. The van der Waals surface area contributed by atoms with Gasteiger partial charge in [0.1, 0.15) is 5.82 Å². The lowest BCUT2D eigenvalue weighted by Crippen LogP contribution is -2.23. The molecule has 1 aromatic rings. The van der Waals surface area contributed by atoms with Gasteiger partial charge in [-0.05, 0) is 24.5 Å². The molecule has 1 saturated carbocycles. The fourth-order valence-electron chi connectivity index (χ4n) is 2.25. The molecule has 76 valence electrons. The van der Waals surface area contributed by atoms with E-state index in [1.54, 1.807) is 12.1 Å². The summed E-state index contributed by atoms with van der Waals surface area (Å²) in [4.78, 5) is 0. The molecule has 2 rings (SSSR count). The topological polar surface area (TPSA) is 20.2 Å². The van der Waals surface area contributed by atoms with Crippen molar-refractivity contribution in [1.29, 1.82) is 0 Å². The molecule has 0 heterocycles. The van der Waals surface area contributed by atoms with E-state index in [2.05, 4.69) is 0 Å². The number of halogens is 1. The van der Waals surface area contributed by atoms with Gasteiger partial charge < -0.3 is 5.11 Å². The average Bonchev–Trinajstić information content (AvgIpc) is 2.20. The third-order valence-electron chi connectivity index (χ3n) is 3.03. The standard InChI is InChI=1S/C12H15FO/c13-11-7-3-1-5-9(11)10-6-2-4-8-12(10)14/h1,3,5,7,10,12,14H,2,4,6,8H2/t10-,12+/m0/s1. The quantitative estimate of drug-likeness (QED) is 0.728. The zero-order valence-electron chi connectivity index (χ0n) is 8.12. The molecule has 0 spiro atoms. The zero-order chi connectivity index (χ0) is 9.97. The molecule has 0 unspecified atom stereocenters. The monoisotopic (exact) mass is 194 g/mol. The Morgan fingerprint density at radius 1 is 1.14 bits per heavy atom. The Morgan fingerprint density at radius 2 is 1.86 bits per heavy atom. The molecule has 1 aliphatic rings. The molecule has 2 atom stereocenters. The summed E-state index contributed by atoms with van der Waals surface area (Å²) in [6, 6.07) is 6.78. The van der Waals surface area contributed by atoms with Crippen LogP contribution in [0.5, 0.6) is 0 Å². The van der Waals surface area contributed by atoms with E-state index >= 15 is 0 Å². The summed E-state index contributed by atoms with van der Waals surface area (Å²) >= 11 is 0. The van der Waals surface area contributed by atoms with E-state index in [9.17, 15) is 9.50 Å². The van der Waals surface area contributed by atoms with Gasteiger partial charge in [0.2, 0.25) is 0 Å². The van der Waals surface area contributed by atoms with E-state index in [1.165, 1.54) is 6.07 Å². The molecule has 1 N–H and O–H groups in total. The molecule has 0 aliphatic heterocycles. The predicted molar refractivity (Wildman–Crippen MR) is 53.6 cm³/mol. The Hall–Kier alpha value is -0.890. The highest BCUT2D eigenvalue weighted by Crippen LogP contribution is 2.33. The Morgan fingerprint density at radius 3 is 2.57 bits per heavy atom. The second-order valence-corrected chi connectivity index (χ2v) is 3.98. The number of hydrogen-bond acceptors (Lipinski definition) is 1. The summed E-state index contributed by atoms with van der Waals surface area (Å²) in [6.45, 7) is 0. The normalized spacial score (nSPS) is 27.6. The average molecular weight is 194 g/mol.